The van der Waals surface area contributed by atoms with E-state index in [9.17, 15) is 28.4 Å². The standard InChI is InChI=1S/C30H45N4O6P3/c1-31(25-41(35,36)28-13-7-4-8-14-28)19-22-34(23-20-32(2)26-42(37,38)29-15-9-5-10-16-29)24-21-33(3)27-43(39,40)30-17-11-6-12-18-30/h4-18H,19-27H2,1-3H3,(H,35,36)(H,37,38)(H,39,40). The van der Waals surface area contributed by atoms with Gasteiger partial charge in [-0.1, -0.05) is 54.6 Å². The SMILES string of the molecule is CN(CCN(CCN(C)CP(=O)(O)c1ccccc1)CCN(C)CP(=O)(O)c1ccccc1)CP(=O)(O)c1ccccc1. The predicted molar refractivity (Wildman–Crippen MR) is 177 cm³/mol. The highest BCUT2D eigenvalue weighted by Crippen LogP contribution is 2.41. The maximum Gasteiger partial charge on any atom is 0.243 e. The first-order valence-corrected chi connectivity index (χ1v) is 19.7. The molecule has 0 aromatic heterocycles. The number of rotatable bonds is 18. The van der Waals surface area contributed by atoms with Gasteiger partial charge in [0.05, 0.1) is 18.9 Å². The largest absolute Gasteiger partial charge is 0.340 e. The van der Waals surface area contributed by atoms with Crippen LogP contribution in [0.15, 0.2) is 91.0 Å². The first-order chi connectivity index (χ1) is 20.3. The van der Waals surface area contributed by atoms with Crippen LogP contribution in [0, 0.1) is 0 Å². The molecule has 0 spiro atoms. The summed E-state index contributed by atoms with van der Waals surface area (Å²) < 4.78 is 39.0. The third-order valence-electron chi connectivity index (χ3n) is 7.17. The minimum Gasteiger partial charge on any atom is -0.340 e. The molecule has 0 aliphatic rings. The van der Waals surface area contributed by atoms with E-state index in [-0.39, 0.29) is 18.9 Å². The van der Waals surface area contributed by atoms with Gasteiger partial charge in [-0.3, -0.25) is 33.3 Å². The summed E-state index contributed by atoms with van der Waals surface area (Å²) in [6.07, 6.45) is 0.0423. The minimum atomic E-state index is -3.56. The van der Waals surface area contributed by atoms with Gasteiger partial charge in [-0.15, -0.1) is 0 Å². The summed E-state index contributed by atoms with van der Waals surface area (Å²) in [7, 11) is -5.23. The van der Waals surface area contributed by atoms with E-state index in [1.54, 1.807) is 72.8 Å². The normalized spacial score (nSPS) is 16.3. The van der Waals surface area contributed by atoms with Crippen molar-refractivity contribution in [1.82, 2.24) is 19.6 Å². The van der Waals surface area contributed by atoms with E-state index in [1.807, 2.05) is 54.0 Å². The van der Waals surface area contributed by atoms with Gasteiger partial charge in [-0.05, 0) is 57.5 Å². The molecule has 0 saturated carbocycles. The molecule has 10 nitrogen and oxygen atoms in total. The van der Waals surface area contributed by atoms with Crippen LogP contribution in [0.3, 0.4) is 0 Å². The van der Waals surface area contributed by atoms with E-state index in [0.717, 1.165) is 0 Å². The quantitative estimate of drug-likeness (QED) is 0.177. The predicted octanol–water partition coefficient (Wildman–Crippen LogP) is 2.74. The maximum atomic E-state index is 13.0. The molecule has 236 valence electrons. The van der Waals surface area contributed by atoms with Crippen molar-refractivity contribution >= 4 is 38.0 Å². The molecule has 3 N–H and O–H groups in total. The van der Waals surface area contributed by atoms with E-state index in [1.165, 1.54) is 0 Å². The molecule has 0 fully saturated rings. The first kappa shape index (κ1) is 35.5. The van der Waals surface area contributed by atoms with Crippen molar-refractivity contribution in [3.63, 3.8) is 0 Å². The fourth-order valence-electron chi connectivity index (χ4n) is 4.69. The molecular formula is C30H45N4O6P3. The van der Waals surface area contributed by atoms with Crippen LogP contribution >= 0.6 is 22.1 Å². The van der Waals surface area contributed by atoms with Gasteiger partial charge in [0.25, 0.3) is 0 Å². The maximum absolute atomic E-state index is 13.0. The molecule has 3 rings (SSSR count). The fourth-order valence-corrected chi connectivity index (χ4v) is 9.48. The van der Waals surface area contributed by atoms with Gasteiger partial charge >= 0.3 is 0 Å². The molecule has 13 heteroatoms. The number of likely N-dealkylation sites (N-methyl/N-ethyl adjacent to an activating group) is 3. The van der Waals surface area contributed by atoms with Gasteiger partial charge in [0.2, 0.25) is 22.1 Å². The van der Waals surface area contributed by atoms with Crippen molar-refractivity contribution in [3.05, 3.63) is 91.0 Å². The van der Waals surface area contributed by atoms with Crippen molar-refractivity contribution in [2.45, 2.75) is 0 Å². The van der Waals surface area contributed by atoms with Crippen LogP contribution in [0.1, 0.15) is 0 Å². The number of benzene rings is 3. The lowest BCUT2D eigenvalue weighted by Gasteiger charge is -2.30. The molecule has 0 aliphatic carbocycles. The topological polar surface area (TPSA) is 125 Å². The van der Waals surface area contributed by atoms with Crippen molar-refractivity contribution in [1.29, 1.82) is 0 Å². The Labute approximate surface area is 255 Å². The monoisotopic (exact) mass is 650 g/mol. The van der Waals surface area contributed by atoms with Crippen molar-refractivity contribution < 1.29 is 28.4 Å². The van der Waals surface area contributed by atoms with Crippen LogP contribution < -0.4 is 15.9 Å². The van der Waals surface area contributed by atoms with Gasteiger partial charge in [0.1, 0.15) is 0 Å². The molecule has 0 radical (unpaired) electrons. The van der Waals surface area contributed by atoms with Crippen LogP contribution in [0.4, 0.5) is 0 Å². The van der Waals surface area contributed by atoms with Gasteiger partial charge < -0.3 is 14.7 Å². The lowest BCUT2D eigenvalue weighted by atomic mass is 10.4. The summed E-state index contributed by atoms with van der Waals surface area (Å²) in [6.45, 7) is 3.31. The molecule has 3 atom stereocenters. The fraction of sp³-hybridized carbons (Fsp3) is 0.400. The van der Waals surface area contributed by atoms with Crippen molar-refractivity contribution in [2.75, 3.05) is 79.3 Å². The Kier molecular flexibility index (Phi) is 13.6. The average molecular weight is 651 g/mol. The third-order valence-corrected chi connectivity index (χ3v) is 13.1. The van der Waals surface area contributed by atoms with Crippen LogP contribution in [0.25, 0.3) is 0 Å². The highest BCUT2D eigenvalue weighted by molar-refractivity contribution is 7.66. The van der Waals surface area contributed by atoms with Crippen molar-refractivity contribution in [2.24, 2.45) is 0 Å². The molecule has 0 saturated heterocycles. The Hall–Kier alpha value is -1.93. The highest BCUT2D eigenvalue weighted by atomic mass is 31.2. The zero-order chi connectivity index (χ0) is 31.5. The molecule has 43 heavy (non-hydrogen) atoms. The summed E-state index contributed by atoms with van der Waals surface area (Å²) >= 11 is 0. The van der Waals surface area contributed by atoms with E-state index < -0.39 is 22.1 Å². The summed E-state index contributed by atoms with van der Waals surface area (Å²) in [6, 6.07) is 25.9. The van der Waals surface area contributed by atoms with Crippen LogP contribution in [0.5, 0.6) is 0 Å². The van der Waals surface area contributed by atoms with Crippen LogP contribution in [-0.4, -0.2) is 114 Å². The molecule has 3 aromatic carbocycles. The van der Waals surface area contributed by atoms with Gasteiger partial charge in [-0.25, -0.2) is 0 Å². The Morgan fingerprint density at radius 2 is 0.674 bits per heavy atom. The number of hydrogen-bond donors (Lipinski definition) is 3. The second-order valence-corrected chi connectivity index (χ2v) is 17.7. The Balaban J connectivity index is 1.60. The lowest BCUT2D eigenvalue weighted by Crippen LogP contribution is -2.42. The average Bonchev–Trinajstić information content (AvgIpc) is 2.97. The van der Waals surface area contributed by atoms with Gasteiger partial charge in [-0.2, -0.15) is 0 Å². The van der Waals surface area contributed by atoms with Crippen LogP contribution in [0.2, 0.25) is 0 Å². The zero-order valence-electron chi connectivity index (χ0n) is 25.2. The molecule has 0 aliphatic heterocycles. The smallest absolute Gasteiger partial charge is 0.243 e. The molecular weight excluding hydrogens is 605 g/mol. The van der Waals surface area contributed by atoms with E-state index in [0.29, 0.717) is 55.2 Å². The zero-order valence-corrected chi connectivity index (χ0v) is 27.9. The number of hydrogen-bond acceptors (Lipinski definition) is 7. The lowest BCUT2D eigenvalue weighted by molar-refractivity contribution is 0.192. The number of nitrogens with zero attached hydrogens (tertiary/aromatic N) is 4. The summed E-state index contributed by atoms with van der Waals surface area (Å²) in [5, 5.41) is 1.25. The van der Waals surface area contributed by atoms with Gasteiger partial charge in [0.15, 0.2) is 0 Å². The molecule has 3 aromatic rings. The molecule has 0 heterocycles. The summed E-state index contributed by atoms with van der Waals surface area (Å²) in [5.41, 5.74) is 0. The Morgan fingerprint density at radius 1 is 0.442 bits per heavy atom. The Morgan fingerprint density at radius 3 is 0.907 bits per heavy atom. The third kappa shape index (κ3) is 11.8. The van der Waals surface area contributed by atoms with E-state index in [4.69, 9.17) is 0 Å². The second-order valence-electron chi connectivity index (χ2n) is 11.1. The molecule has 0 amide bonds. The van der Waals surface area contributed by atoms with E-state index in [2.05, 4.69) is 4.90 Å². The van der Waals surface area contributed by atoms with Gasteiger partial charge in [0, 0.05) is 55.2 Å². The van der Waals surface area contributed by atoms with Crippen LogP contribution in [-0.2, 0) is 13.7 Å². The first-order valence-electron chi connectivity index (χ1n) is 14.2. The molecule has 0 bridgehead atoms. The highest BCUT2D eigenvalue weighted by Gasteiger charge is 2.26. The molecule has 3 unspecified atom stereocenters. The second kappa shape index (κ2) is 16.4. The minimum absolute atomic E-state index is 0.0141. The summed E-state index contributed by atoms with van der Waals surface area (Å²) in [4.78, 5) is 39.7. The van der Waals surface area contributed by atoms with E-state index >= 15 is 0 Å². The van der Waals surface area contributed by atoms with Crippen molar-refractivity contribution in [3.8, 4) is 0 Å². The summed E-state index contributed by atoms with van der Waals surface area (Å²) in [5.74, 6) is 0. The Bertz CT molecular complexity index is 1230.